The van der Waals surface area contributed by atoms with Crippen molar-refractivity contribution in [2.45, 2.75) is 57.5 Å². The molecule has 3 aliphatic rings. The standard InChI is InChI=1S/C20H35N5O3.HI/c1-4-28-20(27)25-9-7-16(8-10-25)22-19(21-13-18(26)24(2)3)23-17-12-14-5-6-15(17)11-14;/h14-17H,4-13H2,1-3H3,(H2,21,22,23);1H. The summed E-state index contributed by atoms with van der Waals surface area (Å²) in [6, 6.07) is 0.698. The van der Waals surface area contributed by atoms with Crippen molar-refractivity contribution in [3.8, 4) is 0 Å². The summed E-state index contributed by atoms with van der Waals surface area (Å²) < 4.78 is 5.09. The van der Waals surface area contributed by atoms with Crippen LogP contribution in [0.25, 0.3) is 0 Å². The summed E-state index contributed by atoms with van der Waals surface area (Å²) in [7, 11) is 3.50. The lowest BCUT2D eigenvalue weighted by Crippen LogP contribution is -2.52. The molecule has 0 aromatic heterocycles. The van der Waals surface area contributed by atoms with Crippen LogP contribution in [0.2, 0.25) is 0 Å². The number of carbonyl (C=O) groups excluding carboxylic acids is 2. The minimum absolute atomic E-state index is 0. The number of nitrogens with one attached hydrogen (secondary N) is 2. The summed E-state index contributed by atoms with van der Waals surface area (Å²) in [6.45, 7) is 3.72. The normalized spacial score (nSPS) is 26.7. The molecular formula is C20H36IN5O3. The molecule has 0 radical (unpaired) electrons. The molecule has 0 spiro atoms. The van der Waals surface area contributed by atoms with Crippen molar-refractivity contribution in [2.24, 2.45) is 16.8 Å². The van der Waals surface area contributed by atoms with Gasteiger partial charge in [-0.3, -0.25) is 4.79 Å². The lowest BCUT2D eigenvalue weighted by atomic mass is 9.95. The molecule has 1 saturated heterocycles. The number of likely N-dealkylation sites (N-methyl/N-ethyl adjacent to an activating group) is 1. The van der Waals surface area contributed by atoms with Gasteiger partial charge in [-0.15, -0.1) is 24.0 Å². The lowest BCUT2D eigenvalue weighted by Gasteiger charge is -2.33. The van der Waals surface area contributed by atoms with E-state index >= 15 is 0 Å². The third-order valence-electron chi connectivity index (χ3n) is 6.29. The van der Waals surface area contributed by atoms with Crippen LogP contribution in [0.4, 0.5) is 4.79 Å². The van der Waals surface area contributed by atoms with Gasteiger partial charge in [0.15, 0.2) is 5.96 Å². The van der Waals surface area contributed by atoms with Crippen molar-refractivity contribution in [1.29, 1.82) is 0 Å². The number of likely N-dealkylation sites (tertiary alicyclic amines) is 1. The highest BCUT2D eigenvalue weighted by Gasteiger charge is 2.40. The van der Waals surface area contributed by atoms with Crippen molar-refractivity contribution < 1.29 is 14.3 Å². The van der Waals surface area contributed by atoms with E-state index in [1.807, 2.05) is 6.92 Å². The molecule has 3 atom stereocenters. The number of piperidine rings is 1. The van der Waals surface area contributed by atoms with Crippen molar-refractivity contribution in [3.63, 3.8) is 0 Å². The van der Waals surface area contributed by atoms with E-state index in [2.05, 4.69) is 15.6 Å². The number of halogens is 1. The fourth-order valence-corrected chi connectivity index (χ4v) is 4.63. The van der Waals surface area contributed by atoms with Crippen molar-refractivity contribution in [1.82, 2.24) is 20.4 Å². The van der Waals surface area contributed by atoms with E-state index < -0.39 is 0 Å². The van der Waals surface area contributed by atoms with Gasteiger partial charge in [0.05, 0.1) is 6.61 Å². The summed E-state index contributed by atoms with van der Waals surface area (Å²) in [6.07, 6.45) is 6.63. The third-order valence-corrected chi connectivity index (χ3v) is 6.29. The molecule has 2 aliphatic carbocycles. The zero-order valence-corrected chi connectivity index (χ0v) is 20.2. The summed E-state index contributed by atoms with van der Waals surface area (Å²) >= 11 is 0. The highest BCUT2D eigenvalue weighted by molar-refractivity contribution is 14.0. The molecule has 3 unspecified atom stereocenters. The van der Waals surface area contributed by atoms with Gasteiger partial charge in [-0.1, -0.05) is 6.42 Å². The first-order valence-corrected chi connectivity index (χ1v) is 10.7. The van der Waals surface area contributed by atoms with Gasteiger partial charge in [0.2, 0.25) is 5.91 Å². The Hall–Kier alpha value is -1.26. The number of guanidine groups is 1. The van der Waals surface area contributed by atoms with Crippen molar-refractivity contribution in [3.05, 3.63) is 0 Å². The van der Waals surface area contributed by atoms with E-state index in [0.717, 1.165) is 30.6 Å². The van der Waals surface area contributed by atoms with Crippen LogP contribution in [0, 0.1) is 11.8 Å². The molecule has 29 heavy (non-hydrogen) atoms. The second-order valence-corrected chi connectivity index (χ2v) is 8.48. The summed E-state index contributed by atoms with van der Waals surface area (Å²) in [4.78, 5) is 31.8. The molecule has 1 aliphatic heterocycles. The Morgan fingerprint density at radius 3 is 2.38 bits per heavy atom. The highest BCUT2D eigenvalue weighted by atomic mass is 127. The first-order chi connectivity index (χ1) is 13.5. The molecule has 1 heterocycles. The van der Waals surface area contributed by atoms with Gasteiger partial charge in [0.1, 0.15) is 6.54 Å². The molecule has 0 aromatic rings. The molecule has 2 N–H and O–H groups in total. The highest BCUT2D eigenvalue weighted by Crippen LogP contribution is 2.44. The Morgan fingerprint density at radius 2 is 1.83 bits per heavy atom. The van der Waals surface area contributed by atoms with E-state index in [1.54, 1.807) is 23.9 Å². The number of ether oxygens (including phenoxy) is 1. The zero-order valence-electron chi connectivity index (χ0n) is 17.9. The maximum Gasteiger partial charge on any atom is 0.409 e. The molecule has 2 amide bonds. The van der Waals surface area contributed by atoms with Crippen molar-refractivity contribution >= 4 is 41.9 Å². The number of nitrogens with zero attached hydrogens (tertiary/aromatic N) is 3. The first kappa shape index (κ1) is 24.0. The van der Waals surface area contributed by atoms with Gasteiger partial charge in [0.25, 0.3) is 0 Å². The Kier molecular flexibility index (Phi) is 9.29. The van der Waals surface area contributed by atoms with Crippen LogP contribution in [-0.2, 0) is 9.53 Å². The van der Waals surface area contributed by atoms with Crippen LogP contribution in [0.15, 0.2) is 4.99 Å². The average Bonchev–Trinajstić information content (AvgIpc) is 3.29. The van der Waals surface area contributed by atoms with E-state index in [1.165, 1.54) is 25.7 Å². The number of hydrogen-bond acceptors (Lipinski definition) is 4. The van der Waals surface area contributed by atoms with Gasteiger partial charge < -0.3 is 25.2 Å². The molecular weight excluding hydrogens is 485 g/mol. The van der Waals surface area contributed by atoms with E-state index in [0.29, 0.717) is 25.7 Å². The molecule has 0 aromatic carbocycles. The number of hydrogen-bond donors (Lipinski definition) is 2. The second kappa shape index (κ2) is 11.2. The minimum atomic E-state index is -0.230. The largest absolute Gasteiger partial charge is 0.450 e. The molecule has 9 heteroatoms. The van der Waals surface area contributed by atoms with Gasteiger partial charge in [0, 0.05) is 39.3 Å². The number of aliphatic imine (C=N–C) groups is 1. The van der Waals surface area contributed by atoms with Crippen LogP contribution in [0.5, 0.6) is 0 Å². The van der Waals surface area contributed by atoms with E-state index in [4.69, 9.17) is 4.74 Å². The zero-order chi connectivity index (χ0) is 20.1. The number of carbonyl (C=O) groups is 2. The topological polar surface area (TPSA) is 86.3 Å². The summed E-state index contributed by atoms with van der Waals surface area (Å²) in [5.74, 6) is 2.31. The predicted molar refractivity (Wildman–Crippen MR) is 124 cm³/mol. The molecule has 3 fully saturated rings. The smallest absolute Gasteiger partial charge is 0.409 e. The van der Waals surface area contributed by atoms with Crippen LogP contribution < -0.4 is 10.6 Å². The minimum Gasteiger partial charge on any atom is -0.450 e. The van der Waals surface area contributed by atoms with E-state index in [9.17, 15) is 9.59 Å². The van der Waals surface area contributed by atoms with Gasteiger partial charge >= 0.3 is 6.09 Å². The van der Waals surface area contributed by atoms with Gasteiger partial charge in [-0.05, 0) is 50.9 Å². The molecule has 2 saturated carbocycles. The Balaban J connectivity index is 0.00000300. The first-order valence-electron chi connectivity index (χ1n) is 10.7. The lowest BCUT2D eigenvalue weighted by molar-refractivity contribution is -0.127. The van der Waals surface area contributed by atoms with E-state index in [-0.39, 0.29) is 48.6 Å². The van der Waals surface area contributed by atoms with Crippen LogP contribution in [0.3, 0.4) is 0 Å². The summed E-state index contributed by atoms with van der Waals surface area (Å²) in [5.41, 5.74) is 0. The summed E-state index contributed by atoms with van der Waals surface area (Å²) in [5, 5.41) is 7.12. The second-order valence-electron chi connectivity index (χ2n) is 8.48. The van der Waals surface area contributed by atoms with Crippen LogP contribution in [-0.4, -0.2) is 80.2 Å². The molecule has 8 nitrogen and oxygen atoms in total. The Morgan fingerprint density at radius 1 is 1.10 bits per heavy atom. The fourth-order valence-electron chi connectivity index (χ4n) is 4.63. The number of fused-ring (bicyclic) bond motifs is 2. The maximum atomic E-state index is 12.0. The molecule has 2 bridgehead atoms. The maximum absolute atomic E-state index is 12.0. The van der Waals surface area contributed by atoms with Crippen LogP contribution in [0.1, 0.15) is 45.4 Å². The van der Waals surface area contributed by atoms with Gasteiger partial charge in [-0.2, -0.15) is 0 Å². The Bertz CT molecular complexity index is 593. The monoisotopic (exact) mass is 521 g/mol. The average molecular weight is 521 g/mol. The number of amides is 2. The van der Waals surface area contributed by atoms with Crippen molar-refractivity contribution in [2.75, 3.05) is 40.3 Å². The SMILES string of the molecule is CCOC(=O)N1CCC(NC(=NCC(=O)N(C)C)NC2CC3CCC2C3)CC1.I. The Labute approximate surface area is 191 Å². The third kappa shape index (κ3) is 6.62. The molecule has 166 valence electrons. The number of rotatable bonds is 5. The quantitative estimate of drug-likeness (QED) is 0.329. The predicted octanol–water partition coefficient (Wildman–Crippen LogP) is 2.04. The van der Waals surface area contributed by atoms with Gasteiger partial charge in [-0.25, -0.2) is 9.79 Å². The fraction of sp³-hybridized carbons (Fsp3) is 0.850. The van der Waals surface area contributed by atoms with Crippen LogP contribution >= 0.6 is 24.0 Å². The molecule has 3 rings (SSSR count).